The monoisotopic (exact) mass is 438 g/mol. The van der Waals surface area contributed by atoms with Crippen molar-refractivity contribution in [2.24, 2.45) is 5.92 Å². The lowest BCUT2D eigenvalue weighted by molar-refractivity contribution is 0.431. The zero-order valence-electron chi connectivity index (χ0n) is 18.1. The molecule has 4 nitrogen and oxygen atoms in total. The molecule has 5 rings (SSSR count). The minimum Gasteiger partial charge on any atom is -0.248 e. The third-order valence-electron chi connectivity index (χ3n) is 6.58. The summed E-state index contributed by atoms with van der Waals surface area (Å²) < 4.78 is 2.27. The molecular formula is C24H30N4S2. The Morgan fingerprint density at radius 3 is 2.63 bits per heavy atom. The number of thioether (sulfide) groups is 2. The van der Waals surface area contributed by atoms with Gasteiger partial charge in [-0.2, -0.15) is 0 Å². The summed E-state index contributed by atoms with van der Waals surface area (Å²) in [4.78, 5) is 5.30. The SMILES string of the molecule is CCSc1nc2c(c3nnc(SCCC(C)C)n13)C1(CCCC1)Cc1ccccc1-2. The van der Waals surface area contributed by atoms with Crippen molar-refractivity contribution in [3.63, 3.8) is 0 Å². The third-order valence-corrected chi connectivity index (χ3v) is 8.37. The van der Waals surface area contributed by atoms with Crippen molar-refractivity contribution in [1.29, 1.82) is 0 Å². The summed E-state index contributed by atoms with van der Waals surface area (Å²) in [6.45, 7) is 6.75. The molecule has 0 bridgehead atoms. The van der Waals surface area contributed by atoms with Crippen molar-refractivity contribution >= 4 is 29.2 Å². The molecule has 0 saturated heterocycles. The highest BCUT2D eigenvalue weighted by Gasteiger charge is 2.44. The van der Waals surface area contributed by atoms with E-state index in [1.54, 1.807) is 11.8 Å². The quantitative estimate of drug-likeness (QED) is 0.329. The Morgan fingerprint density at radius 2 is 1.87 bits per heavy atom. The molecular weight excluding hydrogens is 408 g/mol. The summed E-state index contributed by atoms with van der Waals surface area (Å²) in [5.41, 5.74) is 6.49. The van der Waals surface area contributed by atoms with Crippen LogP contribution in [0.5, 0.6) is 0 Å². The topological polar surface area (TPSA) is 43.1 Å². The van der Waals surface area contributed by atoms with Gasteiger partial charge in [0.15, 0.2) is 16.0 Å². The van der Waals surface area contributed by atoms with Gasteiger partial charge in [-0.3, -0.25) is 0 Å². The van der Waals surface area contributed by atoms with Crippen LogP contribution >= 0.6 is 23.5 Å². The minimum atomic E-state index is 0.167. The molecule has 0 amide bonds. The molecule has 1 fully saturated rings. The summed E-state index contributed by atoms with van der Waals surface area (Å²) in [7, 11) is 0. The van der Waals surface area contributed by atoms with E-state index in [0.717, 1.165) is 39.6 Å². The number of rotatable bonds is 6. The highest BCUT2D eigenvalue weighted by molar-refractivity contribution is 7.99. The number of aromatic nitrogens is 4. The molecule has 2 aromatic heterocycles. The molecule has 0 aliphatic heterocycles. The molecule has 3 aromatic rings. The summed E-state index contributed by atoms with van der Waals surface area (Å²) in [5, 5.41) is 11.5. The fourth-order valence-corrected chi connectivity index (χ4v) is 7.08. The van der Waals surface area contributed by atoms with Crippen molar-refractivity contribution in [3.8, 4) is 11.3 Å². The van der Waals surface area contributed by atoms with Crippen LogP contribution in [0.2, 0.25) is 0 Å². The van der Waals surface area contributed by atoms with Gasteiger partial charge in [0, 0.05) is 22.3 Å². The molecule has 30 heavy (non-hydrogen) atoms. The molecule has 1 aromatic carbocycles. The van der Waals surface area contributed by atoms with Gasteiger partial charge in [0.2, 0.25) is 0 Å². The minimum absolute atomic E-state index is 0.167. The van der Waals surface area contributed by atoms with E-state index in [2.05, 4.69) is 54.5 Å². The lowest BCUT2D eigenvalue weighted by atomic mass is 9.68. The van der Waals surface area contributed by atoms with E-state index in [4.69, 9.17) is 10.1 Å². The van der Waals surface area contributed by atoms with Crippen molar-refractivity contribution in [2.75, 3.05) is 11.5 Å². The smallest absolute Gasteiger partial charge is 0.197 e. The van der Waals surface area contributed by atoms with Crippen molar-refractivity contribution in [2.45, 2.75) is 75.0 Å². The van der Waals surface area contributed by atoms with Crippen LogP contribution in [0.1, 0.15) is 64.0 Å². The van der Waals surface area contributed by atoms with E-state index < -0.39 is 0 Å². The first-order valence-electron chi connectivity index (χ1n) is 11.3. The number of nitrogens with zero attached hydrogens (tertiary/aromatic N) is 4. The fourth-order valence-electron chi connectivity index (χ4n) is 5.14. The summed E-state index contributed by atoms with van der Waals surface area (Å²) >= 11 is 3.63. The summed E-state index contributed by atoms with van der Waals surface area (Å²) in [5.74, 6) is 2.76. The standard InChI is InChI=1S/C24H30N4S2/c1-4-29-22-25-20-18-10-6-5-9-17(18)15-24(12-7-8-13-24)19(20)21-26-27-23(28(21)22)30-14-11-16(2)3/h5-6,9-10,16H,4,7-8,11-15H2,1-3H3. The largest absolute Gasteiger partial charge is 0.248 e. The Labute approximate surface area is 187 Å². The van der Waals surface area contributed by atoms with Crippen molar-refractivity contribution in [3.05, 3.63) is 35.4 Å². The van der Waals surface area contributed by atoms with Crippen LogP contribution in [-0.2, 0) is 11.8 Å². The predicted molar refractivity (Wildman–Crippen MR) is 127 cm³/mol. The van der Waals surface area contributed by atoms with Gasteiger partial charge in [-0.15, -0.1) is 10.2 Å². The lowest BCUT2D eigenvalue weighted by Crippen LogP contribution is -2.31. The average molecular weight is 439 g/mol. The second-order valence-electron chi connectivity index (χ2n) is 9.04. The fraction of sp³-hybridized carbons (Fsp3) is 0.542. The van der Waals surface area contributed by atoms with Crippen molar-refractivity contribution in [1.82, 2.24) is 19.6 Å². The van der Waals surface area contributed by atoms with E-state index in [0.29, 0.717) is 5.92 Å². The molecule has 1 spiro atoms. The molecule has 6 heteroatoms. The van der Waals surface area contributed by atoms with Gasteiger partial charge in [0.05, 0.1) is 5.69 Å². The molecule has 0 radical (unpaired) electrons. The molecule has 2 heterocycles. The van der Waals surface area contributed by atoms with E-state index >= 15 is 0 Å². The van der Waals surface area contributed by atoms with Gasteiger partial charge in [0.1, 0.15) is 0 Å². The van der Waals surface area contributed by atoms with Crippen LogP contribution < -0.4 is 0 Å². The zero-order valence-corrected chi connectivity index (χ0v) is 19.8. The summed E-state index contributed by atoms with van der Waals surface area (Å²) in [6, 6.07) is 8.86. The van der Waals surface area contributed by atoms with E-state index in [-0.39, 0.29) is 5.41 Å². The van der Waals surface area contributed by atoms with Crippen LogP contribution in [0.4, 0.5) is 0 Å². The normalized spacial score (nSPS) is 17.1. The molecule has 1 saturated carbocycles. The van der Waals surface area contributed by atoms with Gasteiger partial charge in [-0.05, 0) is 42.9 Å². The maximum Gasteiger partial charge on any atom is 0.197 e. The Morgan fingerprint density at radius 1 is 1.07 bits per heavy atom. The van der Waals surface area contributed by atoms with E-state index in [1.807, 2.05) is 11.8 Å². The maximum atomic E-state index is 5.30. The molecule has 2 aliphatic rings. The first kappa shape index (κ1) is 20.4. The van der Waals surface area contributed by atoms with Gasteiger partial charge < -0.3 is 0 Å². The van der Waals surface area contributed by atoms with Crippen LogP contribution in [0, 0.1) is 5.92 Å². The number of hydrogen-bond acceptors (Lipinski definition) is 5. The Balaban J connectivity index is 1.73. The maximum absolute atomic E-state index is 5.30. The van der Waals surface area contributed by atoms with Crippen LogP contribution in [-0.4, -0.2) is 31.1 Å². The van der Waals surface area contributed by atoms with Crippen molar-refractivity contribution < 1.29 is 0 Å². The number of fused-ring (bicyclic) bond motifs is 6. The second-order valence-corrected chi connectivity index (χ2v) is 11.3. The van der Waals surface area contributed by atoms with E-state index in [1.165, 1.54) is 48.8 Å². The summed E-state index contributed by atoms with van der Waals surface area (Å²) in [6.07, 6.45) is 7.35. The van der Waals surface area contributed by atoms with E-state index in [9.17, 15) is 0 Å². The highest BCUT2D eigenvalue weighted by atomic mass is 32.2. The number of hydrogen-bond donors (Lipinski definition) is 0. The molecule has 0 unspecified atom stereocenters. The highest BCUT2D eigenvalue weighted by Crippen LogP contribution is 2.52. The van der Waals surface area contributed by atoms with Gasteiger partial charge in [-0.25, -0.2) is 9.38 Å². The Bertz CT molecular complexity index is 1070. The van der Waals surface area contributed by atoms with Crippen LogP contribution in [0.15, 0.2) is 34.6 Å². The van der Waals surface area contributed by atoms with Crippen LogP contribution in [0.3, 0.4) is 0 Å². The van der Waals surface area contributed by atoms with Crippen LogP contribution in [0.25, 0.3) is 16.9 Å². The Hall–Kier alpha value is -1.53. The number of benzene rings is 1. The second kappa shape index (κ2) is 8.19. The van der Waals surface area contributed by atoms with Gasteiger partial charge >= 0.3 is 0 Å². The molecule has 2 aliphatic carbocycles. The zero-order chi connectivity index (χ0) is 20.7. The third kappa shape index (κ3) is 3.36. The molecule has 0 atom stereocenters. The average Bonchev–Trinajstić information content (AvgIpc) is 3.36. The van der Waals surface area contributed by atoms with Gasteiger partial charge in [-0.1, -0.05) is 81.4 Å². The lowest BCUT2D eigenvalue weighted by Gasteiger charge is -2.36. The first-order valence-corrected chi connectivity index (χ1v) is 13.2. The molecule has 0 N–H and O–H groups in total. The van der Waals surface area contributed by atoms with Gasteiger partial charge in [0.25, 0.3) is 0 Å². The molecule has 158 valence electrons. The first-order chi connectivity index (χ1) is 14.6. The predicted octanol–water partition coefficient (Wildman–Crippen LogP) is 6.41. The Kier molecular flexibility index (Phi) is 5.56.